The van der Waals surface area contributed by atoms with Crippen molar-refractivity contribution in [1.29, 1.82) is 0 Å². The van der Waals surface area contributed by atoms with E-state index in [1.807, 2.05) is 0 Å². The van der Waals surface area contributed by atoms with Gasteiger partial charge in [0.25, 0.3) is 10.0 Å². The molecule has 5 N–H and O–H groups in total. The van der Waals surface area contributed by atoms with Gasteiger partial charge in [-0.25, -0.2) is 31.5 Å². The molecule has 0 radical (unpaired) electrons. The van der Waals surface area contributed by atoms with Gasteiger partial charge in [0.15, 0.2) is 0 Å². The first-order valence-corrected chi connectivity index (χ1v) is 17.4. The minimum Gasteiger partial charge on any atom is -0.449 e. The molecule has 3 aromatic carbocycles. The molecule has 1 unspecified atom stereocenters. The molecule has 4 rings (SSSR count). The van der Waals surface area contributed by atoms with E-state index < -0.39 is 37.7 Å². The van der Waals surface area contributed by atoms with E-state index in [1.165, 1.54) is 48.7 Å². The Morgan fingerprint density at radius 3 is 2.54 bits per heavy atom. The SMILES string of the molecule is C=S(=O)(NC(=O)OCC)c1cccc(Nc2ncc(-c3ccc(NS(=O)(=O)c4cccc(Cl)c4Cl)c(F)c3)c(N[C@H](C)CO)n2)c1. The number of halogens is 3. The van der Waals surface area contributed by atoms with Crippen LogP contribution in [-0.4, -0.2) is 58.9 Å². The molecule has 1 heterocycles. The van der Waals surface area contributed by atoms with Gasteiger partial charge in [-0.3, -0.25) is 4.72 Å². The third kappa shape index (κ3) is 8.35. The van der Waals surface area contributed by atoms with Crippen LogP contribution in [0.15, 0.2) is 76.7 Å². The van der Waals surface area contributed by atoms with Gasteiger partial charge in [-0.05, 0) is 67.7 Å². The molecule has 0 spiro atoms. The van der Waals surface area contributed by atoms with Crippen molar-refractivity contribution in [2.75, 3.05) is 28.6 Å². The molecule has 12 nitrogen and oxygen atoms in total. The van der Waals surface area contributed by atoms with Crippen LogP contribution in [0.4, 0.5) is 32.3 Å². The van der Waals surface area contributed by atoms with Crippen LogP contribution >= 0.6 is 23.2 Å². The molecular weight excluding hydrogens is 682 g/mol. The summed E-state index contributed by atoms with van der Waals surface area (Å²) in [6, 6.07) is 13.7. The number of aliphatic hydroxyl groups is 1. The molecule has 0 saturated heterocycles. The van der Waals surface area contributed by atoms with Crippen molar-refractivity contribution in [2.24, 2.45) is 0 Å². The van der Waals surface area contributed by atoms with Crippen LogP contribution in [0.3, 0.4) is 0 Å². The zero-order valence-electron chi connectivity index (χ0n) is 24.4. The van der Waals surface area contributed by atoms with E-state index in [9.17, 15) is 22.5 Å². The number of rotatable bonds is 12. The number of hydrogen-bond donors (Lipinski definition) is 5. The van der Waals surface area contributed by atoms with Gasteiger partial charge < -0.3 is 20.5 Å². The van der Waals surface area contributed by atoms with Crippen molar-refractivity contribution in [3.8, 4) is 11.1 Å². The number of nitrogens with zero attached hydrogens (tertiary/aromatic N) is 2. The number of hydrogen-bond acceptors (Lipinski definition) is 10. The molecule has 0 fully saturated rings. The van der Waals surface area contributed by atoms with Gasteiger partial charge in [-0.2, -0.15) is 4.98 Å². The predicted octanol–water partition coefficient (Wildman–Crippen LogP) is 5.66. The number of nitrogens with one attached hydrogen (secondary N) is 4. The van der Waals surface area contributed by atoms with Gasteiger partial charge >= 0.3 is 6.09 Å². The van der Waals surface area contributed by atoms with Crippen LogP contribution < -0.4 is 20.1 Å². The van der Waals surface area contributed by atoms with Gasteiger partial charge in [-0.1, -0.05) is 41.4 Å². The number of aromatic nitrogens is 2. The zero-order chi connectivity index (χ0) is 33.6. The maximum absolute atomic E-state index is 15.3. The lowest BCUT2D eigenvalue weighted by Crippen LogP contribution is -2.31. The van der Waals surface area contributed by atoms with Gasteiger partial charge in [0, 0.05) is 23.5 Å². The highest BCUT2D eigenvalue weighted by atomic mass is 35.5. The highest BCUT2D eigenvalue weighted by molar-refractivity contribution is 7.99. The Balaban J connectivity index is 1.63. The van der Waals surface area contributed by atoms with E-state index >= 15 is 4.39 Å². The second-order valence-corrected chi connectivity index (χ2v) is 14.1. The first-order chi connectivity index (χ1) is 21.7. The minimum atomic E-state index is -4.28. The fourth-order valence-electron chi connectivity index (χ4n) is 3.96. The van der Waals surface area contributed by atoms with Gasteiger partial charge in [-0.15, -0.1) is 0 Å². The molecule has 244 valence electrons. The van der Waals surface area contributed by atoms with Crippen LogP contribution in [0.1, 0.15) is 13.8 Å². The Kier molecular flexibility index (Phi) is 11.0. The molecule has 0 bridgehead atoms. The fourth-order valence-corrected chi connectivity index (χ4v) is 6.85. The second kappa shape index (κ2) is 14.5. The molecule has 0 aliphatic rings. The maximum atomic E-state index is 15.3. The number of carbonyl (C=O) groups is 1. The predicted molar refractivity (Wildman–Crippen MR) is 178 cm³/mol. The molecular formula is C29H29Cl2FN6O6S2. The molecule has 4 aromatic rings. The highest BCUT2D eigenvalue weighted by Gasteiger charge is 2.22. The molecule has 1 aromatic heterocycles. The van der Waals surface area contributed by atoms with E-state index in [0.717, 1.165) is 6.07 Å². The number of aliphatic hydroxyl groups excluding tert-OH is 1. The van der Waals surface area contributed by atoms with E-state index in [0.29, 0.717) is 16.8 Å². The lowest BCUT2D eigenvalue weighted by molar-refractivity contribution is 0.159. The van der Waals surface area contributed by atoms with Crippen molar-refractivity contribution in [3.63, 3.8) is 0 Å². The summed E-state index contributed by atoms with van der Waals surface area (Å²) in [4.78, 5) is 20.5. The summed E-state index contributed by atoms with van der Waals surface area (Å²) < 4.78 is 63.3. The van der Waals surface area contributed by atoms with Crippen molar-refractivity contribution in [2.45, 2.75) is 29.7 Å². The quantitative estimate of drug-likeness (QED) is 0.116. The minimum absolute atomic E-state index is 0.0242. The van der Waals surface area contributed by atoms with Crippen LogP contribution in [-0.2, 0) is 24.5 Å². The van der Waals surface area contributed by atoms with Crippen molar-refractivity contribution in [3.05, 3.63) is 82.7 Å². The van der Waals surface area contributed by atoms with Crippen LogP contribution in [0.2, 0.25) is 10.0 Å². The lowest BCUT2D eigenvalue weighted by atomic mass is 10.1. The van der Waals surface area contributed by atoms with Crippen LogP contribution in [0, 0.1) is 5.82 Å². The maximum Gasteiger partial charge on any atom is 0.418 e. The number of carbonyl (C=O) groups excluding carboxylic acids is 1. The summed E-state index contributed by atoms with van der Waals surface area (Å²) in [6.07, 6.45) is 0.531. The normalized spacial score (nSPS) is 13.3. The monoisotopic (exact) mass is 710 g/mol. The van der Waals surface area contributed by atoms with E-state index in [4.69, 9.17) is 27.9 Å². The third-order valence-corrected chi connectivity index (χ3v) is 10.0. The Labute approximate surface area is 275 Å². The molecule has 46 heavy (non-hydrogen) atoms. The molecule has 2 atom stereocenters. The summed E-state index contributed by atoms with van der Waals surface area (Å²) in [5, 5.41) is 15.5. The van der Waals surface area contributed by atoms with Gasteiger partial charge in [0.2, 0.25) is 5.95 Å². The topological polar surface area (TPSA) is 172 Å². The van der Waals surface area contributed by atoms with Crippen molar-refractivity contribution >= 4 is 78.0 Å². The first-order valence-electron chi connectivity index (χ1n) is 13.4. The standard InChI is InChI=1S/C29H29Cl2FN6O6S2/c1-4-44-29(40)38-45(3,41)20-8-5-7-19(14-20)35-28-33-15-21(27(36-28)34-17(2)16-39)18-11-12-24(23(32)13-18)37-46(42,43)25-10-6-9-22(30)26(25)31/h5-15,17,37,39H,3-4,16H2,1-2H3,(H,38,40,41)(H2,33,34,35,36)/t17-,45?/m1/s1. The van der Waals surface area contributed by atoms with Crippen molar-refractivity contribution < 1.29 is 31.7 Å². The number of ether oxygens (including phenoxy) is 1. The van der Waals surface area contributed by atoms with Gasteiger partial charge in [0.05, 0.1) is 43.5 Å². The highest BCUT2D eigenvalue weighted by Crippen LogP contribution is 2.33. The summed E-state index contributed by atoms with van der Waals surface area (Å²) >= 11 is 12.0. The number of amides is 1. The fraction of sp³-hybridized carbons (Fsp3) is 0.172. The molecule has 0 saturated carbocycles. The smallest absolute Gasteiger partial charge is 0.418 e. The lowest BCUT2D eigenvalue weighted by Gasteiger charge is -2.17. The van der Waals surface area contributed by atoms with Crippen molar-refractivity contribution in [1.82, 2.24) is 14.7 Å². The third-order valence-electron chi connectivity index (χ3n) is 6.17. The first kappa shape index (κ1) is 34.7. The average molecular weight is 712 g/mol. The Hall–Kier alpha value is -4.15. The number of anilines is 4. The Bertz CT molecular complexity index is 1980. The van der Waals surface area contributed by atoms with E-state index in [-0.39, 0.29) is 50.5 Å². The summed E-state index contributed by atoms with van der Waals surface area (Å²) in [6.45, 7) is 3.15. The Morgan fingerprint density at radius 2 is 1.85 bits per heavy atom. The molecule has 0 aliphatic carbocycles. The number of sulfonamides is 1. The molecule has 1 amide bonds. The largest absolute Gasteiger partial charge is 0.449 e. The molecule has 17 heteroatoms. The summed E-state index contributed by atoms with van der Waals surface area (Å²) in [5.74, 6) is 3.02. The Morgan fingerprint density at radius 1 is 1.11 bits per heavy atom. The molecule has 0 aliphatic heterocycles. The number of benzene rings is 3. The average Bonchev–Trinajstić information content (AvgIpc) is 2.99. The van der Waals surface area contributed by atoms with E-state index in [2.05, 4.69) is 35.9 Å². The zero-order valence-corrected chi connectivity index (χ0v) is 27.5. The van der Waals surface area contributed by atoms with Gasteiger partial charge in [0.1, 0.15) is 16.5 Å². The van der Waals surface area contributed by atoms with Crippen LogP contribution in [0.25, 0.3) is 11.1 Å². The van der Waals surface area contributed by atoms with E-state index in [1.54, 1.807) is 26.0 Å². The summed E-state index contributed by atoms with van der Waals surface area (Å²) in [7, 11) is -7.52. The summed E-state index contributed by atoms with van der Waals surface area (Å²) in [5.41, 5.74) is 0.710. The van der Waals surface area contributed by atoms with Crippen LogP contribution in [0.5, 0.6) is 0 Å². The second-order valence-electron chi connectivity index (χ2n) is 9.69.